The van der Waals surface area contributed by atoms with Crippen molar-refractivity contribution in [3.05, 3.63) is 23.2 Å². The zero-order valence-corrected chi connectivity index (χ0v) is 13.7. The van der Waals surface area contributed by atoms with Crippen LogP contribution in [0.25, 0.3) is 11.1 Å². The number of sulfonamides is 1. The number of rotatable bonds is 5. The number of benzene rings is 1. The van der Waals surface area contributed by atoms with Crippen molar-refractivity contribution < 1.29 is 12.8 Å². The van der Waals surface area contributed by atoms with Crippen molar-refractivity contribution >= 4 is 44.5 Å². The van der Waals surface area contributed by atoms with Crippen molar-refractivity contribution in [1.29, 1.82) is 0 Å². The Balaban J connectivity index is 1.53. The van der Waals surface area contributed by atoms with Gasteiger partial charge in [0.05, 0.1) is 5.75 Å². The molecule has 0 unspecified atom stereocenters. The maximum Gasteiger partial charge on any atom is 0.256 e. The van der Waals surface area contributed by atoms with E-state index in [1.807, 2.05) is 0 Å². The molecule has 21 heavy (non-hydrogen) atoms. The lowest BCUT2D eigenvalue weighted by atomic mass is 10.3. The molecular weight excluding hydrogens is 332 g/mol. The number of aromatic nitrogens is 1. The van der Waals surface area contributed by atoms with E-state index in [1.54, 1.807) is 22.5 Å². The summed E-state index contributed by atoms with van der Waals surface area (Å²) in [6.07, 6.45) is 1.52. The molecule has 2 aromatic rings. The molecule has 1 aromatic carbocycles. The molecule has 1 aromatic heterocycles. The molecule has 1 fully saturated rings. The highest BCUT2D eigenvalue weighted by Gasteiger charge is 2.27. The van der Waals surface area contributed by atoms with Gasteiger partial charge in [0.15, 0.2) is 5.58 Å². The van der Waals surface area contributed by atoms with Crippen LogP contribution in [0, 0.1) is 0 Å². The number of hydrogen-bond acceptors (Lipinski definition) is 5. The van der Waals surface area contributed by atoms with Crippen molar-refractivity contribution in [3.63, 3.8) is 0 Å². The third-order valence-corrected chi connectivity index (χ3v) is 6.42. The highest BCUT2D eigenvalue weighted by atomic mass is 35.5. The largest absolute Gasteiger partial charge is 0.431 e. The van der Waals surface area contributed by atoms with E-state index in [1.165, 1.54) is 11.8 Å². The zero-order valence-electron chi connectivity index (χ0n) is 11.3. The molecule has 8 heteroatoms. The summed E-state index contributed by atoms with van der Waals surface area (Å²) in [5, 5.41) is 1.23. The van der Waals surface area contributed by atoms with E-state index in [-0.39, 0.29) is 5.75 Å². The molecule has 0 amide bonds. The monoisotopic (exact) mass is 346 g/mol. The van der Waals surface area contributed by atoms with E-state index in [2.05, 4.69) is 4.98 Å². The summed E-state index contributed by atoms with van der Waals surface area (Å²) in [6.45, 7) is 1.22. The second kappa shape index (κ2) is 6.16. The maximum absolute atomic E-state index is 11.7. The molecule has 0 atom stereocenters. The van der Waals surface area contributed by atoms with Crippen LogP contribution in [0.5, 0.6) is 0 Å². The fourth-order valence-electron chi connectivity index (χ4n) is 2.28. The van der Waals surface area contributed by atoms with Gasteiger partial charge in [0, 0.05) is 23.9 Å². The molecule has 2 heterocycles. The van der Waals surface area contributed by atoms with Gasteiger partial charge in [-0.3, -0.25) is 0 Å². The minimum Gasteiger partial charge on any atom is -0.431 e. The quantitative estimate of drug-likeness (QED) is 0.615. The molecule has 3 rings (SSSR count). The number of nitrogens with zero attached hydrogens (tertiary/aromatic N) is 2. The molecule has 0 N–H and O–H groups in total. The fourth-order valence-corrected chi connectivity index (χ4v) is 4.78. The Hall–Kier alpha value is -0.760. The van der Waals surface area contributed by atoms with Gasteiger partial charge in [0.1, 0.15) is 5.52 Å². The molecule has 0 spiro atoms. The summed E-state index contributed by atoms with van der Waals surface area (Å²) in [5.74, 6) is 1.05. The first kappa shape index (κ1) is 15.1. The van der Waals surface area contributed by atoms with Crippen LogP contribution >= 0.6 is 23.4 Å². The van der Waals surface area contributed by atoms with Gasteiger partial charge in [-0.1, -0.05) is 23.4 Å². The lowest BCUT2D eigenvalue weighted by Gasteiger charge is -2.12. The van der Waals surface area contributed by atoms with Crippen molar-refractivity contribution in [2.45, 2.75) is 18.1 Å². The zero-order chi connectivity index (χ0) is 14.9. The van der Waals surface area contributed by atoms with Crippen molar-refractivity contribution in [2.24, 2.45) is 0 Å². The van der Waals surface area contributed by atoms with Crippen molar-refractivity contribution in [1.82, 2.24) is 9.29 Å². The van der Waals surface area contributed by atoms with Gasteiger partial charge in [-0.2, -0.15) is 0 Å². The third-order valence-electron chi connectivity index (χ3n) is 3.31. The second-order valence-electron chi connectivity index (χ2n) is 4.86. The summed E-state index contributed by atoms with van der Waals surface area (Å²) in [6, 6.07) is 5.33. The number of hydrogen-bond donors (Lipinski definition) is 0. The van der Waals surface area contributed by atoms with Crippen LogP contribution in [0.3, 0.4) is 0 Å². The molecule has 1 aliphatic heterocycles. The van der Waals surface area contributed by atoms with E-state index >= 15 is 0 Å². The van der Waals surface area contributed by atoms with Crippen LogP contribution in [0.2, 0.25) is 5.02 Å². The first-order chi connectivity index (χ1) is 10.0. The lowest BCUT2D eigenvalue weighted by Crippen LogP contribution is -2.27. The SMILES string of the molecule is O=S1(=O)CCCN1CCCSc1nc2cc(Cl)ccc2o1. The molecule has 0 aliphatic carbocycles. The van der Waals surface area contributed by atoms with Gasteiger partial charge in [-0.25, -0.2) is 17.7 Å². The Morgan fingerprint density at radius 3 is 3.05 bits per heavy atom. The molecule has 1 saturated heterocycles. The van der Waals surface area contributed by atoms with Gasteiger partial charge in [-0.15, -0.1) is 0 Å². The fraction of sp³-hybridized carbons (Fsp3) is 0.462. The summed E-state index contributed by atoms with van der Waals surface area (Å²) in [7, 11) is -2.99. The van der Waals surface area contributed by atoms with E-state index < -0.39 is 10.0 Å². The van der Waals surface area contributed by atoms with E-state index in [0.717, 1.165) is 24.1 Å². The van der Waals surface area contributed by atoms with E-state index in [0.29, 0.717) is 28.9 Å². The standard InChI is InChI=1S/C13H15ClN2O3S2/c14-10-3-4-12-11(9-10)15-13(19-12)20-7-1-5-16-6-2-8-21(16,17)18/h3-4,9H,1-2,5-8H2. The van der Waals surface area contributed by atoms with E-state index in [4.69, 9.17) is 16.0 Å². The van der Waals surface area contributed by atoms with Gasteiger partial charge >= 0.3 is 0 Å². The predicted octanol–water partition coefficient (Wildman–Crippen LogP) is 3.00. The maximum atomic E-state index is 11.7. The molecule has 0 radical (unpaired) electrons. The van der Waals surface area contributed by atoms with E-state index in [9.17, 15) is 8.42 Å². The molecule has 1 aliphatic rings. The van der Waals surface area contributed by atoms with Crippen LogP contribution < -0.4 is 0 Å². The van der Waals surface area contributed by atoms with Crippen LogP contribution in [0.1, 0.15) is 12.8 Å². The van der Waals surface area contributed by atoms with Crippen LogP contribution in [-0.4, -0.2) is 42.3 Å². The van der Waals surface area contributed by atoms with Crippen LogP contribution in [0.4, 0.5) is 0 Å². The van der Waals surface area contributed by atoms with Crippen LogP contribution in [0.15, 0.2) is 27.8 Å². The molecular formula is C13H15ClN2O3S2. The Labute approximate surface area is 132 Å². The Bertz CT molecular complexity index is 745. The van der Waals surface area contributed by atoms with Crippen molar-refractivity contribution in [3.8, 4) is 0 Å². The second-order valence-corrected chi connectivity index (χ2v) is 8.43. The molecule has 0 saturated carbocycles. The minimum atomic E-state index is -2.99. The first-order valence-electron chi connectivity index (χ1n) is 6.71. The van der Waals surface area contributed by atoms with Gasteiger partial charge in [0.25, 0.3) is 5.22 Å². The average molecular weight is 347 g/mol. The van der Waals surface area contributed by atoms with Gasteiger partial charge < -0.3 is 4.42 Å². The molecule has 0 bridgehead atoms. The number of thioether (sulfide) groups is 1. The average Bonchev–Trinajstić information content (AvgIpc) is 2.97. The Morgan fingerprint density at radius 2 is 2.29 bits per heavy atom. The van der Waals surface area contributed by atoms with Gasteiger partial charge in [0.2, 0.25) is 10.0 Å². The third kappa shape index (κ3) is 3.53. The summed E-state index contributed by atoms with van der Waals surface area (Å²) >= 11 is 7.40. The molecule has 5 nitrogen and oxygen atoms in total. The smallest absolute Gasteiger partial charge is 0.256 e. The first-order valence-corrected chi connectivity index (χ1v) is 9.69. The Morgan fingerprint density at radius 1 is 1.43 bits per heavy atom. The number of halogens is 1. The number of fused-ring (bicyclic) bond motifs is 1. The lowest BCUT2D eigenvalue weighted by molar-refractivity contribution is 0.443. The van der Waals surface area contributed by atoms with Gasteiger partial charge in [-0.05, 0) is 31.0 Å². The predicted molar refractivity (Wildman–Crippen MR) is 84.3 cm³/mol. The highest BCUT2D eigenvalue weighted by Crippen LogP contribution is 2.26. The molecule has 114 valence electrons. The van der Waals surface area contributed by atoms with Crippen LogP contribution in [-0.2, 0) is 10.0 Å². The topological polar surface area (TPSA) is 63.4 Å². The number of oxazole rings is 1. The highest BCUT2D eigenvalue weighted by molar-refractivity contribution is 7.99. The summed E-state index contributed by atoms with van der Waals surface area (Å²) < 4.78 is 30.5. The summed E-state index contributed by atoms with van der Waals surface area (Å²) in [5.41, 5.74) is 1.45. The summed E-state index contributed by atoms with van der Waals surface area (Å²) in [4.78, 5) is 4.35. The minimum absolute atomic E-state index is 0.284. The normalized spacial score (nSPS) is 18.5. The van der Waals surface area contributed by atoms with Crippen molar-refractivity contribution in [2.75, 3.05) is 24.6 Å². The Kier molecular flexibility index (Phi) is 4.44.